The van der Waals surface area contributed by atoms with E-state index in [1.54, 1.807) is 0 Å². The van der Waals surface area contributed by atoms with Gasteiger partial charge in [-0.1, -0.05) is 86.8 Å². The first kappa shape index (κ1) is 26.6. The minimum absolute atomic E-state index is 0.0444. The van der Waals surface area contributed by atoms with Gasteiger partial charge in [0.15, 0.2) is 0 Å². The minimum Gasteiger partial charge on any atom is -0.378 e. The monoisotopic (exact) mass is 535 g/mol. The molecule has 0 radical (unpaired) electrons. The molecule has 2 aliphatic heterocycles. The highest BCUT2D eigenvalue weighted by Crippen LogP contribution is 2.52. The number of fused-ring (bicyclic) bond motifs is 3. The zero-order chi connectivity index (χ0) is 27.5. The van der Waals surface area contributed by atoms with Crippen molar-refractivity contribution in [1.29, 1.82) is 0 Å². The number of unbranched alkanes of at least 4 members (excludes halogenated alkanes) is 1. The fourth-order valence-corrected chi connectivity index (χ4v) is 7.25. The molecule has 2 amide bonds. The highest BCUT2D eigenvalue weighted by Gasteiger charge is 2.48. The van der Waals surface area contributed by atoms with Gasteiger partial charge in [0, 0.05) is 29.8 Å². The van der Waals surface area contributed by atoms with Gasteiger partial charge in [0.25, 0.3) is 5.91 Å². The van der Waals surface area contributed by atoms with Gasteiger partial charge in [-0.25, -0.2) is 0 Å². The SMILES string of the molecule is CCCCc1ccc2c(c1)C1C(CCN1C(=O)[C@H]1CCCC[C@H]1NC(=O)c1ccccc1)C(c1ccccc1)N2. The molecule has 1 saturated heterocycles. The summed E-state index contributed by atoms with van der Waals surface area (Å²) in [5.74, 6) is 0.254. The van der Waals surface area contributed by atoms with E-state index in [1.165, 1.54) is 29.5 Å². The van der Waals surface area contributed by atoms with Gasteiger partial charge in [0.1, 0.15) is 0 Å². The number of hydrogen-bond acceptors (Lipinski definition) is 3. The van der Waals surface area contributed by atoms with Crippen LogP contribution in [0.2, 0.25) is 0 Å². The lowest BCUT2D eigenvalue weighted by Crippen LogP contribution is -2.50. The Morgan fingerprint density at radius 1 is 0.925 bits per heavy atom. The third-order valence-electron chi connectivity index (χ3n) is 9.31. The molecule has 3 aromatic rings. The van der Waals surface area contributed by atoms with Gasteiger partial charge in [0.05, 0.1) is 18.0 Å². The van der Waals surface area contributed by atoms with Crippen molar-refractivity contribution < 1.29 is 9.59 Å². The summed E-state index contributed by atoms with van der Waals surface area (Å²) in [6, 6.07) is 27.0. The van der Waals surface area contributed by atoms with Crippen molar-refractivity contribution in [1.82, 2.24) is 10.2 Å². The van der Waals surface area contributed by atoms with Crippen LogP contribution in [0.15, 0.2) is 78.9 Å². The molecule has 0 spiro atoms. The summed E-state index contributed by atoms with van der Waals surface area (Å²) in [6.45, 7) is 2.99. The van der Waals surface area contributed by atoms with Gasteiger partial charge >= 0.3 is 0 Å². The van der Waals surface area contributed by atoms with Gasteiger partial charge in [0.2, 0.25) is 5.91 Å². The lowest BCUT2D eigenvalue weighted by Gasteiger charge is -2.42. The molecule has 5 heteroatoms. The van der Waals surface area contributed by atoms with Crippen LogP contribution in [0.3, 0.4) is 0 Å². The topological polar surface area (TPSA) is 61.4 Å². The molecule has 1 aliphatic carbocycles. The maximum atomic E-state index is 14.4. The summed E-state index contributed by atoms with van der Waals surface area (Å²) in [7, 11) is 0. The lowest BCUT2D eigenvalue weighted by molar-refractivity contribution is -0.138. The fourth-order valence-electron chi connectivity index (χ4n) is 7.25. The van der Waals surface area contributed by atoms with Crippen molar-refractivity contribution in [3.8, 4) is 0 Å². The normalized spacial score (nSPS) is 25.4. The number of nitrogens with zero attached hydrogens (tertiary/aromatic N) is 1. The van der Waals surface area contributed by atoms with E-state index >= 15 is 0 Å². The molecule has 208 valence electrons. The number of anilines is 1. The molecule has 3 unspecified atom stereocenters. The third-order valence-corrected chi connectivity index (χ3v) is 9.31. The van der Waals surface area contributed by atoms with Crippen LogP contribution in [0.1, 0.15) is 91.0 Å². The molecule has 5 atom stereocenters. The van der Waals surface area contributed by atoms with Crippen LogP contribution >= 0.6 is 0 Å². The second-order valence-corrected chi connectivity index (χ2v) is 11.8. The zero-order valence-corrected chi connectivity index (χ0v) is 23.5. The van der Waals surface area contributed by atoms with Crippen LogP contribution in [-0.4, -0.2) is 29.3 Å². The standard InChI is InChI=1S/C35H41N3O2/c1-2-3-12-24-19-20-31-29(23-24)33-28(32(36-31)25-13-6-4-7-14-25)21-22-38(33)35(40)27-17-10-11-18-30(27)37-34(39)26-15-8-5-9-16-26/h4-9,13-16,19-20,23,27-28,30,32-33,36H,2-3,10-12,17-18,21-22H2,1H3,(H,37,39)/t27-,28?,30+,32?,33?/m0/s1. The first-order chi connectivity index (χ1) is 19.6. The smallest absolute Gasteiger partial charge is 0.251 e. The summed E-state index contributed by atoms with van der Waals surface area (Å²) >= 11 is 0. The quantitative estimate of drug-likeness (QED) is 0.340. The van der Waals surface area contributed by atoms with Gasteiger partial charge in [-0.05, 0) is 67.0 Å². The Morgan fingerprint density at radius 3 is 2.45 bits per heavy atom. The summed E-state index contributed by atoms with van der Waals surface area (Å²) in [5.41, 5.74) is 5.69. The summed E-state index contributed by atoms with van der Waals surface area (Å²) in [4.78, 5) is 29.7. The number of carbonyl (C=O) groups is 2. The summed E-state index contributed by atoms with van der Waals surface area (Å²) < 4.78 is 0. The second-order valence-electron chi connectivity index (χ2n) is 11.8. The Bertz CT molecular complexity index is 1320. The molecule has 0 bridgehead atoms. The van der Waals surface area contributed by atoms with E-state index in [1.807, 2.05) is 30.3 Å². The highest BCUT2D eigenvalue weighted by molar-refractivity contribution is 5.95. The maximum Gasteiger partial charge on any atom is 0.251 e. The van der Waals surface area contributed by atoms with Gasteiger partial charge < -0.3 is 15.5 Å². The minimum atomic E-state index is -0.183. The molecular formula is C35H41N3O2. The Labute approximate surface area is 238 Å². The molecule has 2 heterocycles. The van der Waals surface area contributed by atoms with E-state index in [0.717, 1.165) is 50.8 Å². The van der Waals surface area contributed by atoms with E-state index in [-0.39, 0.29) is 35.9 Å². The van der Waals surface area contributed by atoms with Crippen molar-refractivity contribution in [3.63, 3.8) is 0 Å². The lowest BCUT2D eigenvalue weighted by atomic mass is 9.78. The summed E-state index contributed by atoms with van der Waals surface area (Å²) in [6.07, 6.45) is 8.11. The van der Waals surface area contributed by atoms with Crippen molar-refractivity contribution in [2.75, 3.05) is 11.9 Å². The van der Waals surface area contributed by atoms with Crippen molar-refractivity contribution >= 4 is 17.5 Å². The highest BCUT2D eigenvalue weighted by atomic mass is 16.2. The number of benzene rings is 3. The second kappa shape index (κ2) is 11.9. The molecule has 6 rings (SSSR count). The van der Waals surface area contributed by atoms with Crippen molar-refractivity contribution in [2.45, 2.75) is 76.4 Å². The molecule has 5 nitrogen and oxygen atoms in total. The van der Waals surface area contributed by atoms with Crippen LogP contribution in [0.4, 0.5) is 5.69 Å². The zero-order valence-electron chi connectivity index (χ0n) is 23.5. The predicted octanol–water partition coefficient (Wildman–Crippen LogP) is 7.07. The van der Waals surface area contributed by atoms with Crippen LogP contribution in [0.5, 0.6) is 0 Å². The predicted molar refractivity (Wildman–Crippen MR) is 160 cm³/mol. The molecule has 0 aromatic heterocycles. The average molecular weight is 536 g/mol. The molecule has 3 aromatic carbocycles. The molecule has 3 aliphatic rings. The maximum absolute atomic E-state index is 14.4. The Morgan fingerprint density at radius 2 is 1.68 bits per heavy atom. The molecular weight excluding hydrogens is 494 g/mol. The number of hydrogen-bond donors (Lipinski definition) is 2. The van der Waals surface area contributed by atoms with E-state index in [0.29, 0.717) is 11.5 Å². The molecule has 1 saturated carbocycles. The van der Waals surface area contributed by atoms with Crippen LogP contribution < -0.4 is 10.6 Å². The Kier molecular flexibility index (Phi) is 7.90. The van der Waals surface area contributed by atoms with Crippen molar-refractivity contribution in [3.05, 3.63) is 101 Å². The molecule has 2 fully saturated rings. The van der Waals surface area contributed by atoms with Crippen molar-refractivity contribution in [2.24, 2.45) is 11.8 Å². The largest absolute Gasteiger partial charge is 0.378 e. The van der Waals surface area contributed by atoms with E-state index in [4.69, 9.17) is 0 Å². The number of carbonyl (C=O) groups excluding carboxylic acids is 2. The number of likely N-dealkylation sites (tertiary alicyclic amines) is 1. The van der Waals surface area contributed by atoms with Crippen LogP contribution in [0.25, 0.3) is 0 Å². The Hall–Kier alpha value is -3.60. The summed E-state index contributed by atoms with van der Waals surface area (Å²) in [5, 5.41) is 7.11. The number of nitrogens with one attached hydrogen (secondary N) is 2. The van der Waals surface area contributed by atoms with E-state index < -0.39 is 0 Å². The van der Waals surface area contributed by atoms with Crippen LogP contribution in [0, 0.1) is 11.8 Å². The Balaban J connectivity index is 1.30. The molecule has 2 N–H and O–H groups in total. The number of amides is 2. The third kappa shape index (κ3) is 5.26. The van der Waals surface area contributed by atoms with E-state index in [9.17, 15) is 9.59 Å². The van der Waals surface area contributed by atoms with Gasteiger partial charge in [-0.15, -0.1) is 0 Å². The molecule has 40 heavy (non-hydrogen) atoms. The van der Waals surface area contributed by atoms with Gasteiger partial charge in [-0.2, -0.15) is 0 Å². The van der Waals surface area contributed by atoms with Crippen LogP contribution in [-0.2, 0) is 11.2 Å². The van der Waals surface area contributed by atoms with E-state index in [2.05, 4.69) is 71.0 Å². The fraction of sp³-hybridized carbons (Fsp3) is 0.429. The average Bonchev–Trinajstić information content (AvgIpc) is 3.46. The number of aryl methyl sites for hydroxylation is 1. The van der Waals surface area contributed by atoms with Gasteiger partial charge in [-0.3, -0.25) is 9.59 Å². The first-order valence-corrected chi connectivity index (χ1v) is 15.2. The number of rotatable bonds is 7. The first-order valence-electron chi connectivity index (χ1n) is 15.2.